The Morgan fingerprint density at radius 3 is 2.14 bits per heavy atom. The fourth-order valence-corrected chi connectivity index (χ4v) is 1.51. The number of Topliss-reactive ketones (excluding diaryl/α,β-unsaturated/α-hetero) is 1. The second-order valence-corrected chi connectivity index (χ2v) is 4.99. The van der Waals surface area contributed by atoms with Crippen LogP contribution in [-0.2, 0) is 4.79 Å². The number of carbonyl (C=O) groups is 1. The molecule has 0 aromatic rings. The van der Waals surface area contributed by atoms with Crippen molar-refractivity contribution in [3.05, 3.63) is 0 Å². The van der Waals surface area contributed by atoms with Gasteiger partial charge in [-0.25, -0.2) is 0 Å². The molecule has 0 aliphatic heterocycles. The average molecular weight is 199 g/mol. The van der Waals surface area contributed by atoms with Crippen molar-refractivity contribution in [3.8, 4) is 0 Å². The molecule has 2 heteroatoms. The lowest BCUT2D eigenvalue weighted by Crippen LogP contribution is -2.31. The van der Waals surface area contributed by atoms with Gasteiger partial charge in [-0.1, -0.05) is 34.1 Å². The monoisotopic (exact) mass is 199 g/mol. The van der Waals surface area contributed by atoms with E-state index in [9.17, 15) is 4.79 Å². The molecule has 0 aromatic heterocycles. The second kappa shape index (κ2) is 6.99. The Kier molecular flexibility index (Phi) is 6.81. The summed E-state index contributed by atoms with van der Waals surface area (Å²) >= 11 is 0. The summed E-state index contributed by atoms with van der Waals surface area (Å²) < 4.78 is 0. The molecule has 0 saturated heterocycles. The zero-order valence-electron chi connectivity index (χ0n) is 10.0. The molecule has 0 aromatic carbocycles. The van der Waals surface area contributed by atoms with Gasteiger partial charge in [0.15, 0.2) is 0 Å². The van der Waals surface area contributed by atoms with Crippen molar-refractivity contribution in [3.63, 3.8) is 0 Å². The highest BCUT2D eigenvalue weighted by atomic mass is 16.1. The number of rotatable bonds is 7. The Bertz CT molecular complexity index is 164. The van der Waals surface area contributed by atoms with Gasteiger partial charge >= 0.3 is 0 Å². The molecule has 0 amide bonds. The van der Waals surface area contributed by atoms with Gasteiger partial charge in [-0.05, 0) is 24.7 Å². The summed E-state index contributed by atoms with van der Waals surface area (Å²) in [5.74, 6) is 1.43. The summed E-state index contributed by atoms with van der Waals surface area (Å²) in [4.78, 5) is 11.5. The third-order valence-corrected chi connectivity index (χ3v) is 2.34. The molecule has 0 heterocycles. The van der Waals surface area contributed by atoms with E-state index < -0.39 is 0 Å². The van der Waals surface area contributed by atoms with Crippen molar-refractivity contribution in [1.82, 2.24) is 0 Å². The first kappa shape index (κ1) is 13.6. The van der Waals surface area contributed by atoms with Crippen molar-refractivity contribution in [2.24, 2.45) is 17.6 Å². The van der Waals surface area contributed by atoms with Gasteiger partial charge in [0.25, 0.3) is 0 Å². The highest BCUT2D eigenvalue weighted by Gasteiger charge is 2.14. The standard InChI is InChI=1S/C12H25NO/c1-9(2)6-5-7-12(14)11(13)8-10(3)4/h9-11H,5-8,13H2,1-4H3. The number of carbonyl (C=O) groups excluding carboxylic acids is 1. The van der Waals surface area contributed by atoms with Crippen LogP contribution >= 0.6 is 0 Å². The van der Waals surface area contributed by atoms with Crippen LogP contribution in [-0.4, -0.2) is 11.8 Å². The van der Waals surface area contributed by atoms with E-state index in [0.29, 0.717) is 18.3 Å². The first-order chi connectivity index (χ1) is 6.43. The first-order valence-electron chi connectivity index (χ1n) is 5.71. The van der Waals surface area contributed by atoms with Crippen molar-refractivity contribution in [2.45, 2.75) is 59.4 Å². The third kappa shape index (κ3) is 7.07. The Morgan fingerprint density at radius 1 is 1.14 bits per heavy atom. The molecule has 0 aliphatic rings. The smallest absolute Gasteiger partial charge is 0.149 e. The lowest BCUT2D eigenvalue weighted by molar-refractivity contribution is -0.120. The Morgan fingerprint density at radius 2 is 1.71 bits per heavy atom. The fourth-order valence-electron chi connectivity index (χ4n) is 1.51. The van der Waals surface area contributed by atoms with E-state index in [0.717, 1.165) is 19.3 Å². The Hall–Kier alpha value is -0.370. The molecule has 1 unspecified atom stereocenters. The average Bonchev–Trinajstić information content (AvgIpc) is 2.01. The van der Waals surface area contributed by atoms with E-state index >= 15 is 0 Å². The first-order valence-corrected chi connectivity index (χ1v) is 5.71. The van der Waals surface area contributed by atoms with Crippen LogP contribution in [0.3, 0.4) is 0 Å². The highest BCUT2D eigenvalue weighted by Crippen LogP contribution is 2.10. The molecule has 1 atom stereocenters. The molecule has 2 N–H and O–H groups in total. The van der Waals surface area contributed by atoms with Crippen LogP contribution in [0, 0.1) is 11.8 Å². The Balaban J connectivity index is 3.62. The van der Waals surface area contributed by atoms with Crippen LogP contribution in [0.25, 0.3) is 0 Å². The molecule has 0 bridgehead atoms. The van der Waals surface area contributed by atoms with E-state index in [1.165, 1.54) is 0 Å². The van der Waals surface area contributed by atoms with E-state index in [2.05, 4.69) is 27.7 Å². The summed E-state index contributed by atoms with van der Waals surface area (Å²) in [6.45, 7) is 8.56. The van der Waals surface area contributed by atoms with Gasteiger partial charge in [-0.3, -0.25) is 4.79 Å². The quantitative estimate of drug-likeness (QED) is 0.685. The van der Waals surface area contributed by atoms with Gasteiger partial charge in [0, 0.05) is 6.42 Å². The third-order valence-electron chi connectivity index (χ3n) is 2.34. The SMILES string of the molecule is CC(C)CCCC(=O)C(N)CC(C)C. The lowest BCUT2D eigenvalue weighted by Gasteiger charge is -2.13. The number of ketones is 1. The molecule has 0 rings (SSSR count). The van der Waals surface area contributed by atoms with E-state index in [1.54, 1.807) is 0 Å². The molecular weight excluding hydrogens is 174 g/mol. The minimum atomic E-state index is -0.234. The summed E-state index contributed by atoms with van der Waals surface area (Å²) in [6.07, 6.45) is 3.59. The van der Waals surface area contributed by atoms with Crippen molar-refractivity contribution < 1.29 is 4.79 Å². The molecular formula is C12H25NO. The summed E-state index contributed by atoms with van der Waals surface area (Å²) in [5, 5.41) is 0. The zero-order chi connectivity index (χ0) is 11.1. The second-order valence-electron chi connectivity index (χ2n) is 4.99. The van der Waals surface area contributed by atoms with E-state index in [-0.39, 0.29) is 11.8 Å². The van der Waals surface area contributed by atoms with Gasteiger partial charge in [0.05, 0.1) is 6.04 Å². The minimum Gasteiger partial charge on any atom is -0.322 e. The number of hydrogen-bond acceptors (Lipinski definition) is 2. The molecule has 2 nitrogen and oxygen atoms in total. The number of nitrogens with two attached hydrogens (primary N) is 1. The predicted molar refractivity (Wildman–Crippen MR) is 61.1 cm³/mol. The maximum absolute atomic E-state index is 11.5. The van der Waals surface area contributed by atoms with Crippen LogP contribution in [0.5, 0.6) is 0 Å². The van der Waals surface area contributed by atoms with E-state index in [1.807, 2.05) is 0 Å². The Labute approximate surface area is 88.3 Å². The van der Waals surface area contributed by atoms with Crippen molar-refractivity contribution >= 4 is 5.78 Å². The van der Waals surface area contributed by atoms with Gasteiger partial charge < -0.3 is 5.73 Å². The molecule has 0 radical (unpaired) electrons. The zero-order valence-corrected chi connectivity index (χ0v) is 10.0. The van der Waals surface area contributed by atoms with Crippen LogP contribution in [0.15, 0.2) is 0 Å². The van der Waals surface area contributed by atoms with Gasteiger partial charge in [-0.2, -0.15) is 0 Å². The van der Waals surface area contributed by atoms with Crippen LogP contribution < -0.4 is 5.73 Å². The molecule has 0 saturated carbocycles. The fraction of sp³-hybridized carbons (Fsp3) is 0.917. The maximum atomic E-state index is 11.5. The molecule has 0 aliphatic carbocycles. The highest BCUT2D eigenvalue weighted by molar-refractivity contribution is 5.83. The largest absolute Gasteiger partial charge is 0.322 e. The normalized spacial score (nSPS) is 13.6. The summed E-state index contributed by atoms with van der Waals surface area (Å²) in [7, 11) is 0. The van der Waals surface area contributed by atoms with Gasteiger partial charge in [0.2, 0.25) is 0 Å². The van der Waals surface area contributed by atoms with Crippen molar-refractivity contribution in [2.75, 3.05) is 0 Å². The summed E-state index contributed by atoms with van der Waals surface area (Å²) in [6, 6.07) is -0.234. The lowest BCUT2D eigenvalue weighted by atomic mass is 9.97. The van der Waals surface area contributed by atoms with Gasteiger partial charge in [0.1, 0.15) is 5.78 Å². The predicted octanol–water partition coefficient (Wildman–Crippen LogP) is 2.76. The van der Waals surface area contributed by atoms with Crippen LogP contribution in [0.2, 0.25) is 0 Å². The molecule has 0 fully saturated rings. The molecule has 84 valence electrons. The minimum absolute atomic E-state index is 0.234. The molecule has 0 spiro atoms. The van der Waals surface area contributed by atoms with Crippen LogP contribution in [0.1, 0.15) is 53.4 Å². The number of hydrogen-bond donors (Lipinski definition) is 1. The maximum Gasteiger partial charge on any atom is 0.149 e. The topological polar surface area (TPSA) is 43.1 Å². The van der Waals surface area contributed by atoms with Crippen molar-refractivity contribution in [1.29, 1.82) is 0 Å². The van der Waals surface area contributed by atoms with Gasteiger partial charge in [-0.15, -0.1) is 0 Å². The summed E-state index contributed by atoms with van der Waals surface area (Å²) in [5.41, 5.74) is 5.79. The van der Waals surface area contributed by atoms with E-state index in [4.69, 9.17) is 5.73 Å². The molecule has 14 heavy (non-hydrogen) atoms. The van der Waals surface area contributed by atoms with Crippen LogP contribution in [0.4, 0.5) is 0 Å².